The third kappa shape index (κ3) is 5.91. The van der Waals surface area contributed by atoms with Crippen LogP contribution in [0.4, 0.5) is 4.39 Å². The van der Waals surface area contributed by atoms with E-state index in [9.17, 15) is 9.18 Å². The molecule has 1 saturated carbocycles. The molecule has 3 aromatic heterocycles. The summed E-state index contributed by atoms with van der Waals surface area (Å²) in [4.78, 5) is 22.4. The topological polar surface area (TPSA) is 114 Å². The van der Waals surface area contributed by atoms with Crippen LogP contribution in [0.25, 0.3) is 28.5 Å². The second-order valence-corrected chi connectivity index (χ2v) is 11.1. The average molecular weight is 606 g/mol. The van der Waals surface area contributed by atoms with E-state index in [2.05, 4.69) is 30.9 Å². The highest BCUT2D eigenvalue weighted by molar-refractivity contribution is 6.31. The van der Waals surface area contributed by atoms with Gasteiger partial charge in [0.25, 0.3) is 0 Å². The molecular formula is C30H27Cl2FN8O. The molecule has 2 N–H and O–H groups in total. The monoisotopic (exact) mass is 604 g/mol. The Labute approximate surface area is 251 Å². The molecule has 42 heavy (non-hydrogen) atoms. The van der Waals surface area contributed by atoms with Gasteiger partial charge < -0.3 is 5.32 Å². The summed E-state index contributed by atoms with van der Waals surface area (Å²) in [6, 6.07) is 13.7. The SMILES string of the molecule is O=C(Cc1ccc(Cl)cc1-n1c(C2CCCCC2)nc(-c2nn[nH]n2)c1-c1ccc(F)c(Cl)c1)NCc1cccnc1. The number of benzene rings is 2. The summed E-state index contributed by atoms with van der Waals surface area (Å²) in [5, 5.41) is 18.2. The number of halogens is 3. The molecule has 12 heteroatoms. The maximum absolute atomic E-state index is 14.3. The second-order valence-electron chi connectivity index (χ2n) is 10.3. The molecule has 1 aliphatic rings. The minimum atomic E-state index is -0.533. The van der Waals surface area contributed by atoms with Gasteiger partial charge >= 0.3 is 0 Å². The minimum absolute atomic E-state index is 0.0281. The fraction of sp³-hybridized carbons (Fsp3) is 0.267. The predicted octanol–water partition coefficient (Wildman–Crippen LogP) is 6.47. The van der Waals surface area contributed by atoms with Crippen molar-refractivity contribution in [2.75, 3.05) is 0 Å². The summed E-state index contributed by atoms with van der Waals surface area (Å²) < 4.78 is 16.3. The minimum Gasteiger partial charge on any atom is -0.352 e. The molecule has 0 radical (unpaired) electrons. The Morgan fingerprint density at radius 2 is 1.95 bits per heavy atom. The van der Waals surface area contributed by atoms with Crippen molar-refractivity contribution in [3.63, 3.8) is 0 Å². The molecule has 0 spiro atoms. The molecule has 214 valence electrons. The highest BCUT2D eigenvalue weighted by atomic mass is 35.5. The lowest BCUT2D eigenvalue weighted by molar-refractivity contribution is -0.120. The van der Waals surface area contributed by atoms with Gasteiger partial charge in [-0.3, -0.25) is 14.3 Å². The van der Waals surface area contributed by atoms with Crippen molar-refractivity contribution in [3.05, 3.63) is 93.7 Å². The first-order chi connectivity index (χ1) is 20.5. The molecule has 3 heterocycles. The number of H-pyrrole nitrogens is 1. The van der Waals surface area contributed by atoms with Crippen LogP contribution in [0.2, 0.25) is 10.0 Å². The van der Waals surface area contributed by atoms with Gasteiger partial charge in [0.05, 0.1) is 22.8 Å². The number of tetrazole rings is 1. The number of carbonyl (C=O) groups is 1. The second kappa shape index (κ2) is 12.4. The number of nitrogens with zero attached hydrogens (tertiary/aromatic N) is 6. The number of amides is 1. The van der Waals surface area contributed by atoms with Crippen molar-refractivity contribution >= 4 is 29.1 Å². The van der Waals surface area contributed by atoms with Crippen molar-refractivity contribution in [1.82, 2.24) is 40.5 Å². The van der Waals surface area contributed by atoms with Crippen molar-refractivity contribution in [2.45, 2.75) is 51.0 Å². The lowest BCUT2D eigenvalue weighted by Gasteiger charge is -2.24. The Hall–Kier alpha value is -4.15. The largest absolute Gasteiger partial charge is 0.352 e. The Morgan fingerprint density at radius 1 is 1.10 bits per heavy atom. The van der Waals surface area contributed by atoms with Crippen LogP contribution in [-0.4, -0.2) is 41.1 Å². The lowest BCUT2D eigenvalue weighted by Crippen LogP contribution is -2.25. The summed E-state index contributed by atoms with van der Waals surface area (Å²) in [6.45, 7) is 0.356. The van der Waals surface area contributed by atoms with E-state index in [1.54, 1.807) is 30.6 Å². The van der Waals surface area contributed by atoms with Crippen LogP contribution >= 0.6 is 23.2 Å². The van der Waals surface area contributed by atoms with E-state index < -0.39 is 5.82 Å². The maximum Gasteiger partial charge on any atom is 0.225 e. The predicted molar refractivity (Wildman–Crippen MR) is 158 cm³/mol. The first kappa shape index (κ1) is 28.0. The maximum atomic E-state index is 14.3. The zero-order chi connectivity index (χ0) is 29.1. The smallest absolute Gasteiger partial charge is 0.225 e. The molecule has 0 unspecified atom stereocenters. The van der Waals surface area contributed by atoms with E-state index >= 15 is 0 Å². The van der Waals surface area contributed by atoms with Crippen LogP contribution in [-0.2, 0) is 17.8 Å². The average Bonchev–Trinajstić information content (AvgIpc) is 3.68. The molecule has 0 atom stereocenters. The molecule has 0 aliphatic heterocycles. The number of hydrogen-bond donors (Lipinski definition) is 2. The lowest BCUT2D eigenvalue weighted by atomic mass is 9.88. The Morgan fingerprint density at radius 3 is 2.69 bits per heavy atom. The van der Waals surface area contributed by atoms with Gasteiger partial charge in [0.15, 0.2) is 0 Å². The summed E-state index contributed by atoms with van der Waals surface area (Å²) >= 11 is 12.9. The quantitative estimate of drug-likeness (QED) is 0.210. The molecule has 0 saturated heterocycles. The van der Waals surface area contributed by atoms with Crippen LogP contribution in [0.3, 0.4) is 0 Å². The molecule has 2 aromatic carbocycles. The Bertz CT molecular complexity index is 1700. The normalized spacial score (nSPS) is 13.8. The first-order valence-corrected chi connectivity index (χ1v) is 14.5. The van der Waals surface area contributed by atoms with Crippen LogP contribution < -0.4 is 5.32 Å². The number of imidazole rings is 1. The van der Waals surface area contributed by atoms with Crippen molar-refractivity contribution in [1.29, 1.82) is 0 Å². The van der Waals surface area contributed by atoms with Crippen LogP contribution in [0, 0.1) is 5.82 Å². The fourth-order valence-corrected chi connectivity index (χ4v) is 5.82. The standard InChI is InChI=1S/C30H27Cl2FN8O/c31-22-10-8-20(14-26(42)35-17-18-5-4-12-34-16-18)25(15-22)41-28(21-9-11-24(33)23(32)13-21)27(29-37-39-40-38-29)36-30(41)19-6-2-1-3-7-19/h4-5,8-13,15-16,19H,1-3,6-7,14,17H2,(H,35,42)(H,37,38,39,40). The highest BCUT2D eigenvalue weighted by Crippen LogP contribution is 2.42. The zero-order valence-corrected chi connectivity index (χ0v) is 24.0. The van der Waals surface area contributed by atoms with Crippen LogP contribution in [0.15, 0.2) is 60.9 Å². The molecule has 1 aliphatic carbocycles. The number of aromatic amines is 1. The summed E-state index contributed by atoms with van der Waals surface area (Å²) in [7, 11) is 0. The number of nitrogens with one attached hydrogen (secondary N) is 2. The number of pyridine rings is 1. The van der Waals surface area contributed by atoms with Gasteiger partial charge in [-0.1, -0.05) is 54.6 Å². The van der Waals surface area contributed by atoms with Crippen LogP contribution in [0.1, 0.15) is 55.0 Å². The van der Waals surface area contributed by atoms with Crippen molar-refractivity contribution < 1.29 is 9.18 Å². The Balaban J connectivity index is 1.51. The van der Waals surface area contributed by atoms with E-state index in [0.29, 0.717) is 40.0 Å². The third-order valence-electron chi connectivity index (χ3n) is 7.48. The van der Waals surface area contributed by atoms with E-state index in [1.165, 1.54) is 6.07 Å². The molecule has 5 aromatic rings. The summed E-state index contributed by atoms with van der Waals surface area (Å²) in [5.41, 5.74) is 4.03. The highest BCUT2D eigenvalue weighted by Gasteiger charge is 2.30. The molecule has 0 bridgehead atoms. The van der Waals surface area contributed by atoms with Gasteiger partial charge in [-0.2, -0.15) is 5.21 Å². The third-order valence-corrected chi connectivity index (χ3v) is 8.00. The van der Waals surface area contributed by atoms with E-state index in [1.807, 2.05) is 28.8 Å². The van der Waals surface area contributed by atoms with Gasteiger partial charge in [-0.15, -0.1) is 10.2 Å². The van der Waals surface area contributed by atoms with E-state index in [0.717, 1.165) is 49.1 Å². The van der Waals surface area contributed by atoms with E-state index in [4.69, 9.17) is 28.2 Å². The molecule has 6 rings (SSSR count). The molecule has 1 fully saturated rings. The van der Waals surface area contributed by atoms with Gasteiger partial charge in [0.1, 0.15) is 17.3 Å². The number of rotatable bonds is 8. The van der Waals surface area contributed by atoms with Crippen molar-refractivity contribution in [2.24, 2.45) is 0 Å². The van der Waals surface area contributed by atoms with Gasteiger partial charge in [0.2, 0.25) is 11.7 Å². The summed E-state index contributed by atoms with van der Waals surface area (Å²) in [6.07, 6.45) is 8.72. The summed E-state index contributed by atoms with van der Waals surface area (Å²) in [5.74, 6) is 0.531. The molecular weight excluding hydrogens is 578 g/mol. The number of aromatic nitrogens is 7. The molecule has 1 amide bonds. The zero-order valence-electron chi connectivity index (χ0n) is 22.5. The van der Waals surface area contributed by atoms with Crippen LogP contribution in [0.5, 0.6) is 0 Å². The van der Waals surface area contributed by atoms with E-state index in [-0.39, 0.29) is 23.3 Å². The fourth-order valence-electron chi connectivity index (χ4n) is 5.48. The van der Waals surface area contributed by atoms with Gasteiger partial charge in [-0.05, 0) is 65.6 Å². The number of hydrogen-bond acceptors (Lipinski definition) is 6. The van der Waals surface area contributed by atoms with Crippen molar-refractivity contribution in [3.8, 4) is 28.5 Å². The van der Waals surface area contributed by atoms with Gasteiger partial charge in [0, 0.05) is 35.4 Å². The Kier molecular flexibility index (Phi) is 8.25. The molecule has 9 nitrogen and oxygen atoms in total. The number of carbonyl (C=O) groups excluding carboxylic acids is 1. The first-order valence-electron chi connectivity index (χ1n) is 13.7. The van der Waals surface area contributed by atoms with Gasteiger partial charge in [-0.25, -0.2) is 9.37 Å².